The Morgan fingerprint density at radius 3 is 2.56 bits per heavy atom. The third-order valence-corrected chi connectivity index (χ3v) is 5.05. The van der Waals surface area contributed by atoms with Crippen LogP contribution in [0.1, 0.15) is 36.2 Å². The van der Waals surface area contributed by atoms with Crippen molar-refractivity contribution in [1.29, 1.82) is 0 Å². The molecule has 2 heterocycles. The molecule has 1 aliphatic rings. The summed E-state index contributed by atoms with van der Waals surface area (Å²) in [6.07, 6.45) is 0.362. The van der Waals surface area contributed by atoms with Gasteiger partial charge < -0.3 is 19.8 Å². The van der Waals surface area contributed by atoms with Gasteiger partial charge in [-0.15, -0.1) is 0 Å². The number of aromatic nitrogens is 2. The zero-order chi connectivity index (χ0) is 19.6. The lowest BCUT2D eigenvalue weighted by atomic mass is 10.1. The highest BCUT2D eigenvalue weighted by atomic mass is 79.9. The zero-order valence-electron chi connectivity index (χ0n) is 15.0. The first-order valence-corrected chi connectivity index (χ1v) is 9.35. The smallest absolute Gasteiger partial charge is 0.325 e. The summed E-state index contributed by atoms with van der Waals surface area (Å²) in [5.74, 6) is 1.12. The maximum absolute atomic E-state index is 12.3. The summed E-state index contributed by atoms with van der Waals surface area (Å²) >= 11 is 3.50. The molecular weight excluding hydrogens is 418 g/mol. The largest absolute Gasteiger partial charge is 0.486 e. The predicted molar refractivity (Wildman–Crippen MR) is 102 cm³/mol. The van der Waals surface area contributed by atoms with Gasteiger partial charge in [-0.2, -0.15) is 0 Å². The molecule has 0 spiro atoms. The fourth-order valence-electron chi connectivity index (χ4n) is 2.97. The Bertz CT molecular complexity index is 982. The number of hydrogen-bond acceptors (Lipinski definition) is 5. The van der Waals surface area contributed by atoms with Gasteiger partial charge in [-0.05, 0) is 38.0 Å². The predicted octanol–water partition coefficient (Wildman–Crippen LogP) is 1.72. The lowest BCUT2D eigenvalue weighted by Crippen LogP contribution is -2.30. The number of halogens is 1. The number of H-pyrrole nitrogens is 2. The van der Waals surface area contributed by atoms with E-state index in [4.69, 9.17) is 9.47 Å². The Balaban J connectivity index is 1.66. The zero-order valence-corrected chi connectivity index (χ0v) is 16.6. The van der Waals surface area contributed by atoms with Gasteiger partial charge in [0.15, 0.2) is 11.5 Å². The van der Waals surface area contributed by atoms with Crippen LogP contribution in [0.2, 0.25) is 0 Å². The van der Waals surface area contributed by atoms with Crippen LogP contribution in [0, 0.1) is 6.92 Å². The number of carbonyl (C=O) groups is 1. The minimum absolute atomic E-state index is 0.127. The van der Waals surface area contributed by atoms with Crippen molar-refractivity contribution in [3.63, 3.8) is 0 Å². The molecule has 8 nitrogen and oxygen atoms in total. The molecule has 9 heteroatoms. The third-order valence-electron chi connectivity index (χ3n) is 4.36. The third kappa shape index (κ3) is 4.41. The number of benzene rings is 1. The van der Waals surface area contributed by atoms with Crippen molar-refractivity contribution >= 4 is 21.8 Å². The minimum atomic E-state index is -0.553. The second-order valence-electron chi connectivity index (χ2n) is 6.32. The van der Waals surface area contributed by atoms with Gasteiger partial charge in [-0.1, -0.05) is 15.9 Å². The van der Waals surface area contributed by atoms with Gasteiger partial charge in [0, 0.05) is 22.2 Å². The van der Waals surface area contributed by atoms with Gasteiger partial charge in [-0.25, -0.2) is 4.79 Å². The van der Waals surface area contributed by atoms with E-state index in [0.717, 1.165) is 10.0 Å². The van der Waals surface area contributed by atoms with Crippen molar-refractivity contribution in [3.05, 3.63) is 54.3 Å². The Morgan fingerprint density at radius 2 is 1.89 bits per heavy atom. The minimum Gasteiger partial charge on any atom is -0.486 e. The molecule has 3 rings (SSSR count). The number of amides is 1. The number of rotatable bonds is 5. The van der Waals surface area contributed by atoms with Gasteiger partial charge in [-0.3, -0.25) is 14.6 Å². The van der Waals surface area contributed by atoms with Crippen LogP contribution in [-0.2, 0) is 11.2 Å². The van der Waals surface area contributed by atoms with Crippen LogP contribution in [0.4, 0.5) is 0 Å². The van der Waals surface area contributed by atoms with E-state index in [9.17, 15) is 14.4 Å². The Kier molecular flexibility index (Phi) is 5.69. The first-order valence-electron chi connectivity index (χ1n) is 8.55. The maximum Gasteiger partial charge on any atom is 0.325 e. The van der Waals surface area contributed by atoms with E-state index in [0.29, 0.717) is 36.0 Å². The SMILES string of the molecule is Cc1[nH]c(=O)[nH]c(=O)c1CCC(=O)NC(C)c1cc2c(cc1Br)OCCO2. The maximum atomic E-state index is 12.3. The summed E-state index contributed by atoms with van der Waals surface area (Å²) in [5, 5.41) is 2.91. The average molecular weight is 438 g/mol. The Morgan fingerprint density at radius 1 is 1.22 bits per heavy atom. The van der Waals surface area contributed by atoms with Crippen LogP contribution in [0.25, 0.3) is 0 Å². The van der Waals surface area contributed by atoms with Crippen molar-refractivity contribution in [2.75, 3.05) is 13.2 Å². The van der Waals surface area contributed by atoms with Crippen molar-refractivity contribution < 1.29 is 14.3 Å². The molecule has 144 valence electrons. The van der Waals surface area contributed by atoms with Crippen LogP contribution in [0.3, 0.4) is 0 Å². The van der Waals surface area contributed by atoms with Crippen LogP contribution in [0.15, 0.2) is 26.2 Å². The molecule has 0 radical (unpaired) electrons. The second kappa shape index (κ2) is 7.99. The molecule has 1 aromatic carbocycles. The molecule has 1 unspecified atom stereocenters. The summed E-state index contributed by atoms with van der Waals surface area (Å²) in [6, 6.07) is 3.41. The van der Waals surface area contributed by atoms with E-state index in [1.807, 2.05) is 19.1 Å². The number of aromatic amines is 2. The average Bonchev–Trinajstić information content (AvgIpc) is 2.60. The van der Waals surface area contributed by atoms with Crippen molar-refractivity contribution in [1.82, 2.24) is 15.3 Å². The van der Waals surface area contributed by atoms with Crippen molar-refractivity contribution in [2.45, 2.75) is 32.7 Å². The highest BCUT2D eigenvalue weighted by Gasteiger charge is 2.19. The summed E-state index contributed by atoms with van der Waals surface area (Å²) in [5.41, 5.74) is 0.720. The van der Waals surface area contributed by atoms with E-state index < -0.39 is 11.2 Å². The molecule has 27 heavy (non-hydrogen) atoms. The van der Waals surface area contributed by atoms with Gasteiger partial charge in [0.1, 0.15) is 13.2 Å². The topological polar surface area (TPSA) is 113 Å². The number of aryl methyl sites for hydroxylation is 1. The van der Waals surface area contributed by atoms with Crippen molar-refractivity contribution in [3.8, 4) is 11.5 Å². The molecule has 0 saturated carbocycles. The molecule has 0 fully saturated rings. The van der Waals surface area contributed by atoms with E-state index in [1.54, 1.807) is 6.92 Å². The van der Waals surface area contributed by atoms with Crippen LogP contribution < -0.4 is 26.0 Å². The molecule has 1 aromatic heterocycles. The number of nitrogens with one attached hydrogen (secondary N) is 3. The molecule has 0 bridgehead atoms. The Labute approximate surface area is 163 Å². The number of ether oxygens (including phenoxy) is 2. The highest BCUT2D eigenvalue weighted by Crippen LogP contribution is 2.37. The van der Waals surface area contributed by atoms with Gasteiger partial charge in [0.05, 0.1) is 6.04 Å². The number of carbonyl (C=O) groups excluding carboxylic acids is 1. The standard InChI is InChI=1S/C18H20BrN3O5/c1-9-11(17(24)22-18(25)21-9)3-4-16(23)20-10(2)12-7-14-15(8-13(12)19)27-6-5-26-14/h7-8,10H,3-6H2,1-2H3,(H,20,23)(H2,21,22,24,25). The summed E-state index contributed by atoms with van der Waals surface area (Å²) in [6.45, 7) is 4.50. The highest BCUT2D eigenvalue weighted by molar-refractivity contribution is 9.10. The first kappa shape index (κ1) is 19.2. The summed E-state index contributed by atoms with van der Waals surface area (Å²) in [4.78, 5) is 40.1. The van der Waals surface area contributed by atoms with E-state index in [2.05, 4.69) is 31.2 Å². The van der Waals surface area contributed by atoms with Crippen LogP contribution in [-0.4, -0.2) is 29.1 Å². The molecule has 1 aliphatic heterocycles. The molecular formula is C18H20BrN3O5. The van der Waals surface area contributed by atoms with E-state index in [1.165, 1.54) is 0 Å². The van der Waals surface area contributed by atoms with Crippen LogP contribution >= 0.6 is 15.9 Å². The molecule has 0 saturated heterocycles. The fraction of sp³-hybridized carbons (Fsp3) is 0.389. The van der Waals surface area contributed by atoms with Gasteiger partial charge in [0.25, 0.3) is 5.56 Å². The lowest BCUT2D eigenvalue weighted by molar-refractivity contribution is -0.121. The summed E-state index contributed by atoms with van der Waals surface area (Å²) in [7, 11) is 0. The first-order chi connectivity index (χ1) is 12.8. The molecule has 2 aromatic rings. The summed E-state index contributed by atoms with van der Waals surface area (Å²) < 4.78 is 11.9. The van der Waals surface area contributed by atoms with Crippen molar-refractivity contribution in [2.24, 2.45) is 0 Å². The quantitative estimate of drug-likeness (QED) is 0.658. The molecule has 1 atom stereocenters. The van der Waals surface area contributed by atoms with Crippen LogP contribution in [0.5, 0.6) is 11.5 Å². The second-order valence-corrected chi connectivity index (χ2v) is 7.17. The Hall–Kier alpha value is -2.55. The fourth-order valence-corrected chi connectivity index (χ4v) is 3.63. The molecule has 0 aliphatic carbocycles. The molecule has 3 N–H and O–H groups in total. The van der Waals surface area contributed by atoms with E-state index >= 15 is 0 Å². The number of fused-ring (bicyclic) bond motifs is 1. The van der Waals surface area contributed by atoms with Gasteiger partial charge in [0.2, 0.25) is 5.91 Å². The van der Waals surface area contributed by atoms with E-state index in [-0.39, 0.29) is 24.8 Å². The molecule has 1 amide bonds. The monoisotopic (exact) mass is 437 g/mol. The lowest BCUT2D eigenvalue weighted by Gasteiger charge is -2.22. The number of hydrogen-bond donors (Lipinski definition) is 3. The normalized spacial score (nSPS) is 13.9. The van der Waals surface area contributed by atoms with Gasteiger partial charge >= 0.3 is 5.69 Å².